The SMILES string of the molecule is CN=C(NCCc1noc(-c2ccccn2)n1)N1CCN(CC(=O)N2CCCC2)CC1. The molecule has 2 fully saturated rings. The molecule has 4 heterocycles. The molecule has 10 nitrogen and oxygen atoms in total. The predicted octanol–water partition coefficient (Wildman–Crippen LogP) is 0.490. The number of pyridine rings is 1. The molecule has 10 heteroatoms. The summed E-state index contributed by atoms with van der Waals surface area (Å²) in [6.07, 6.45) is 4.60. The summed E-state index contributed by atoms with van der Waals surface area (Å²) in [6.45, 7) is 6.42. The second-order valence-corrected chi connectivity index (χ2v) is 7.81. The van der Waals surface area contributed by atoms with Gasteiger partial charge in [0, 0.05) is 65.5 Å². The van der Waals surface area contributed by atoms with Crippen LogP contribution in [0.1, 0.15) is 18.7 Å². The molecular weight excluding hydrogens is 396 g/mol. The van der Waals surface area contributed by atoms with Crippen molar-refractivity contribution in [2.75, 3.05) is 59.4 Å². The summed E-state index contributed by atoms with van der Waals surface area (Å²) in [6, 6.07) is 5.58. The molecule has 2 aliphatic rings. The number of piperazine rings is 1. The van der Waals surface area contributed by atoms with Gasteiger partial charge < -0.3 is 19.6 Å². The number of hydrogen-bond donors (Lipinski definition) is 1. The predicted molar refractivity (Wildman–Crippen MR) is 116 cm³/mol. The molecule has 31 heavy (non-hydrogen) atoms. The highest BCUT2D eigenvalue weighted by Crippen LogP contribution is 2.13. The van der Waals surface area contributed by atoms with Crippen LogP contribution in [0.3, 0.4) is 0 Å². The molecule has 0 atom stereocenters. The van der Waals surface area contributed by atoms with Gasteiger partial charge in [-0.05, 0) is 25.0 Å². The van der Waals surface area contributed by atoms with Crippen LogP contribution in [0.2, 0.25) is 0 Å². The Morgan fingerprint density at radius 1 is 1.13 bits per heavy atom. The zero-order valence-electron chi connectivity index (χ0n) is 18.0. The number of nitrogens with zero attached hydrogens (tertiary/aromatic N) is 7. The minimum absolute atomic E-state index is 0.263. The summed E-state index contributed by atoms with van der Waals surface area (Å²) in [5.74, 6) is 2.19. The van der Waals surface area contributed by atoms with Gasteiger partial charge >= 0.3 is 0 Å². The Morgan fingerprint density at radius 2 is 1.94 bits per heavy atom. The van der Waals surface area contributed by atoms with Crippen LogP contribution < -0.4 is 5.32 Å². The lowest BCUT2D eigenvalue weighted by Crippen LogP contribution is -2.54. The molecule has 1 amide bonds. The lowest BCUT2D eigenvalue weighted by Gasteiger charge is -2.36. The number of carbonyl (C=O) groups is 1. The number of guanidine groups is 1. The molecule has 166 valence electrons. The molecule has 0 unspecified atom stereocenters. The standard InChI is InChI=1S/C21H30N8O2/c1-22-21(24-9-7-18-25-20(31-26-18)17-6-2-3-8-23-17)29-14-12-27(13-15-29)16-19(30)28-10-4-5-11-28/h2-3,6,8H,4-5,7,9-16H2,1H3,(H,22,24). The Bertz CT molecular complexity index is 871. The van der Waals surface area contributed by atoms with Gasteiger partial charge in [0.25, 0.3) is 5.89 Å². The zero-order chi connectivity index (χ0) is 21.5. The Kier molecular flexibility index (Phi) is 7.08. The molecule has 2 aromatic rings. The zero-order valence-corrected chi connectivity index (χ0v) is 18.0. The van der Waals surface area contributed by atoms with Crippen LogP contribution in [0, 0.1) is 0 Å². The van der Waals surface area contributed by atoms with Gasteiger partial charge in [-0.1, -0.05) is 11.2 Å². The minimum atomic E-state index is 0.263. The van der Waals surface area contributed by atoms with E-state index in [1.807, 2.05) is 23.1 Å². The Morgan fingerprint density at radius 3 is 2.65 bits per heavy atom. The van der Waals surface area contributed by atoms with Gasteiger partial charge in [-0.25, -0.2) is 0 Å². The van der Waals surface area contributed by atoms with E-state index in [-0.39, 0.29) is 5.91 Å². The molecule has 2 saturated heterocycles. The second-order valence-electron chi connectivity index (χ2n) is 7.81. The van der Waals surface area contributed by atoms with Crippen molar-refractivity contribution in [2.24, 2.45) is 4.99 Å². The largest absolute Gasteiger partial charge is 0.356 e. The van der Waals surface area contributed by atoms with Crippen molar-refractivity contribution in [1.29, 1.82) is 0 Å². The fraction of sp³-hybridized carbons (Fsp3) is 0.571. The third-order valence-electron chi connectivity index (χ3n) is 5.69. The smallest absolute Gasteiger partial charge is 0.276 e. The van der Waals surface area contributed by atoms with Crippen LogP contribution >= 0.6 is 0 Å². The van der Waals surface area contributed by atoms with Gasteiger partial charge in [0.2, 0.25) is 5.91 Å². The monoisotopic (exact) mass is 426 g/mol. The average Bonchev–Trinajstić information content (AvgIpc) is 3.51. The van der Waals surface area contributed by atoms with Crippen LogP contribution in [-0.4, -0.2) is 101 Å². The highest BCUT2D eigenvalue weighted by atomic mass is 16.5. The maximum absolute atomic E-state index is 12.4. The fourth-order valence-corrected chi connectivity index (χ4v) is 3.94. The van der Waals surface area contributed by atoms with E-state index >= 15 is 0 Å². The van der Waals surface area contributed by atoms with Crippen LogP contribution in [0.25, 0.3) is 11.6 Å². The van der Waals surface area contributed by atoms with Crippen molar-refractivity contribution < 1.29 is 9.32 Å². The summed E-state index contributed by atoms with van der Waals surface area (Å²) in [7, 11) is 1.79. The number of carbonyl (C=O) groups excluding carboxylic acids is 1. The molecular formula is C21H30N8O2. The summed E-state index contributed by atoms with van der Waals surface area (Å²) in [5.41, 5.74) is 0.672. The van der Waals surface area contributed by atoms with Gasteiger partial charge in [-0.2, -0.15) is 4.98 Å². The number of rotatable bonds is 6. The maximum Gasteiger partial charge on any atom is 0.276 e. The minimum Gasteiger partial charge on any atom is -0.356 e. The molecule has 0 aromatic carbocycles. The lowest BCUT2D eigenvalue weighted by molar-refractivity contribution is -0.131. The summed E-state index contributed by atoms with van der Waals surface area (Å²) >= 11 is 0. The molecule has 2 aromatic heterocycles. The van der Waals surface area contributed by atoms with Crippen molar-refractivity contribution in [3.8, 4) is 11.6 Å². The van der Waals surface area contributed by atoms with Crippen molar-refractivity contribution in [3.63, 3.8) is 0 Å². The fourth-order valence-electron chi connectivity index (χ4n) is 3.94. The van der Waals surface area contributed by atoms with Crippen molar-refractivity contribution in [1.82, 2.24) is 35.1 Å². The van der Waals surface area contributed by atoms with E-state index in [1.54, 1.807) is 13.2 Å². The number of aromatic nitrogens is 3. The Labute approximate surface area is 182 Å². The molecule has 1 N–H and O–H groups in total. The third-order valence-corrected chi connectivity index (χ3v) is 5.69. The van der Waals surface area contributed by atoms with E-state index in [0.29, 0.717) is 36.9 Å². The topological polar surface area (TPSA) is 103 Å². The van der Waals surface area contributed by atoms with E-state index in [2.05, 4.69) is 35.2 Å². The first-order chi connectivity index (χ1) is 15.2. The number of amides is 1. The highest BCUT2D eigenvalue weighted by Gasteiger charge is 2.24. The molecule has 0 bridgehead atoms. The number of likely N-dealkylation sites (tertiary alicyclic amines) is 1. The molecule has 0 radical (unpaired) electrons. The first-order valence-electron chi connectivity index (χ1n) is 10.9. The molecule has 0 saturated carbocycles. The first-order valence-corrected chi connectivity index (χ1v) is 10.9. The van der Waals surface area contributed by atoms with Crippen LogP contribution in [-0.2, 0) is 11.2 Å². The van der Waals surface area contributed by atoms with Gasteiger partial charge in [0.15, 0.2) is 11.8 Å². The summed E-state index contributed by atoms with van der Waals surface area (Å²) in [4.78, 5) is 31.9. The first kappa shape index (κ1) is 21.2. The van der Waals surface area contributed by atoms with E-state index < -0.39 is 0 Å². The summed E-state index contributed by atoms with van der Waals surface area (Å²) < 4.78 is 5.30. The Hall–Kier alpha value is -3.01. The van der Waals surface area contributed by atoms with E-state index in [1.165, 1.54) is 0 Å². The lowest BCUT2D eigenvalue weighted by atomic mass is 10.3. The maximum atomic E-state index is 12.4. The van der Waals surface area contributed by atoms with Gasteiger partial charge in [-0.3, -0.25) is 19.7 Å². The third kappa shape index (κ3) is 5.57. The quantitative estimate of drug-likeness (QED) is 0.526. The highest BCUT2D eigenvalue weighted by molar-refractivity contribution is 5.80. The number of hydrogen-bond acceptors (Lipinski definition) is 7. The van der Waals surface area contributed by atoms with Gasteiger partial charge in [0.05, 0.1) is 6.54 Å². The molecule has 0 aliphatic carbocycles. The molecule has 0 spiro atoms. The molecule has 2 aliphatic heterocycles. The summed E-state index contributed by atoms with van der Waals surface area (Å²) in [5, 5.41) is 7.42. The Balaban J connectivity index is 1.20. The van der Waals surface area contributed by atoms with E-state index in [9.17, 15) is 4.79 Å². The molecule has 4 rings (SSSR count). The van der Waals surface area contributed by atoms with Crippen LogP contribution in [0.15, 0.2) is 33.9 Å². The van der Waals surface area contributed by atoms with E-state index in [0.717, 1.165) is 58.1 Å². The van der Waals surface area contributed by atoms with Crippen molar-refractivity contribution >= 4 is 11.9 Å². The second kappa shape index (κ2) is 10.3. The van der Waals surface area contributed by atoms with Crippen LogP contribution in [0.4, 0.5) is 0 Å². The number of aliphatic imine (C=N–C) groups is 1. The van der Waals surface area contributed by atoms with Crippen molar-refractivity contribution in [2.45, 2.75) is 19.3 Å². The number of nitrogens with one attached hydrogen (secondary N) is 1. The van der Waals surface area contributed by atoms with E-state index in [4.69, 9.17) is 4.52 Å². The van der Waals surface area contributed by atoms with Gasteiger partial charge in [-0.15, -0.1) is 0 Å². The normalized spacial score (nSPS) is 17.9. The van der Waals surface area contributed by atoms with Gasteiger partial charge in [0.1, 0.15) is 5.69 Å². The van der Waals surface area contributed by atoms with Crippen LogP contribution in [0.5, 0.6) is 0 Å². The average molecular weight is 427 g/mol. The van der Waals surface area contributed by atoms with Crippen molar-refractivity contribution in [3.05, 3.63) is 30.2 Å².